The summed E-state index contributed by atoms with van der Waals surface area (Å²) in [4.78, 5) is 11.6. The van der Waals surface area contributed by atoms with Gasteiger partial charge in [-0.2, -0.15) is 11.8 Å². The second kappa shape index (κ2) is 7.96. The van der Waals surface area contributed by atoms with Gasteiger partial charge in [0.2, 0.25) is 5.91 Å². The van der Waals surface area contributed by atoms with Crippen molar-refractivity contribution in [2.45, 2.75) is 18.9 Å². The number of hydrogen-bond acceptors (Lipinski definition) is 4. The van der Waals surface area contributed by atoms with Gasteiger partial charge < -0.3 is 15.4 Å². The highest BCUT2D eigenvalue weighted by Crippen LogP contribution is 2.07. The van der Waals surface area contributed by atoms with Crippen LogP contribution in [0.5, 0.6) is 0 Å². The number of ether oxygens (including phenoxy) is 1. The molecule has 4 nitrogen and oxygen atoms in total. The Morgan fingerprint density at radius 1 is 1.60 bits per heavy atom. The van der Waals surface area contributed by atoms with E-state index in [9.17, 15) is 4.79 Å². The predicted octanol–water partition coefficient (Wildman–Crippen LogP) is 0.234. The molecular weight excluding hydrogens is 212 g/mol. The highest BCUT2D eigenvalue weighted by Gasteiger charge is 2.19. The Balaban J connectivity index is 2.02. The summed E-state index contributed by atoms with van der Waals surface area (Å²) in [5.41, 5.74) is 0. The summed E-state index contributed by atoms with van der Waals surface area (Å²) >= 11 is 1.84. The Bertz CT molecular complexity index is 184. The van der Waals surface area contributed by atoms with Gasteiger partial charge in [-0.15, -0.1) is 0 Å². The number of thioether (sulfide) groups is 1. The molecule has 1 amide bonds. The van der Waals surface area contributed by atoms with E-state index in [0.29, 0.717) is 0 Å². The van der Waals surface area contributed by atoms with E-state index in [0.717, 1.165) is 44.0 Å². The molecule has 0 aromatic carbocycles. The fourth-order valence-corrected chi connectivity index (χ4v) is 2.37. The minimum atomic E-state index is 0.00572. The van der Waals surface area contributed by atoms with Crippen molar-refractivity contribution in [2.75, 3.05) is 38.3 Å². The minimum absolute atomic E-state index is 0.00572. The fourth-order valence-electron chi connectivity index (χ4n) is 1.44. The lowest BCUT2D eigenvalue weighted by Gasteiger charge is -2.22. The van der Waals surface area contributed by atoms with Crippen molar-refractivity contribution in [3.8, 4) is 0 Å². The van der Waals surface area contributed by atoms with Gasteiger partial charge in [0, 0.05) is 38.3 Å². The van der Waals surface area contributed by atoms with Crippen LogP contribution in [0.25, 0.3) is 0 Å². The highest BCUT2D eigenvalue weighted by atomic mass is 32.2. The van der Waals surface area contributed by atoms with E-state index in [1.54, 1.807) is 7.11 Å². The molecule has 0 aromatic rings. The van der Waals surface area contributed by atoms with Crippen molar-refractivity contribution in [2.24, 2.45) is 0 Å². The van der Waals surface area contributed by atoms with E-state index in [2.05, 4.69) is 10.6 Å². The normalized spacial score (nSPS) is 21.3. The zero-order valence-electron chi connectivity index (χ0n) is 9.25. The number of carbonyl (C=O) groups excluding carboxylic acids is 1. The monoisotopic (exact) mass is 232 g/mol. The molecule has 1 heterocycles. The van der Waals surface area contributed by atoms with Gasteiger partial charge in [-0.3, -0.25) is 4.79 Å². The quantitative estimate of drug-likeness (QED) is 0.644. The third-order valence-electron chi connectivity index (χ3n) is 2.31. The molecule has 15 heavy (non-hydrogen) atoms. The summed E-state index contributed by atoms with van der Waals surface area (Å²) in [5.74, 6) is 2.14. The largest absolute Gasteiger partial charge is 0.385 e. The van der Waals surface area contributed by atoms with Crippen LogP contribution in [0.3, 0.4) is 0 Å². The van der Waals surface area contributed by atoms with Gasteiger partial charge in [0.25, 0.3) is 0 Å². The van der Waals surface area contributed by atoms with E-state index >= 15 is 0 Å². The summed E-state index contributed by atoms with van der Waals surface area (Å²) in [6, 6.07) is 0.00572. The summed E-state index contributed by atoms with van der Waals surface area (Å²) < 4.78 is 4.94. The van der Waals surface area contributed by atoms with Gasteiger partial charge in [0.15, 0.2) is 0 Å². The van der Waals surface area contributed by atoms with Crippen LogP contribution < -0.4 is 10.6 Å². The molecule has 0 aromatic heterocycles. The van der Waals surface area contributed by atoms with Crippen molar-refractivity contribution in [1.29, 1.82) is 0 Å². The zero-order valence-corrected chi connectivity index (χ0v) is 10.1. The number of carbonyl (C=O) groups is 1. The van der Waals surface area contributed by atoms with Gasteiger partial charge in [-0.1, -0.05) is 0 Å². The lowest BCUT2D eigenvalue weighted by molar-refractivity contribution is -0.122. The highest BCUT2D eigenvalue weighted by molar-refractivity contribution is 7.99. The molecule has 0 bridgehead atoms. The van der Waals surface area contributed by atoms with Gasteiger partial charge >= 0.3 is 0 Å². The van der Waals surface area contributed by atoms with Crippen LogP contribution in [-0.2, 0) is 9.53 Å². The van der Waals surface area contributed by atoms with Crippen LogP contribution in [0.4, 0.5) is 0 Å². The van der Waals surface area contributed by atoms with Crippen molar-refractivity contribution in [3.05, 3.63) is 0 Å². The Morgan fingerprint density at radius 3 is 3.13 bits per heavy atom. The predicted molar refractivity (Wildman–Crippen MR) is 63.2 cm³/mol. The molecule has 1 fully saturated rings. The van der Waals surface area contributed by atoms with Crippen molar-refractivity contribution in [1.82, 2.24) is 10.6 Å². The summed E-state index contributed by atoms with van der Waals surface area (Å²) in [7, 11) is 1.70. The van der Waals surface area contributed by atoms with Crippen LogP contribution >= 0.6 is 11.8 Å². The molecule has 0 spiro atoms. The number of unbranched alkanes of at least 4 members (excludes halogenated alkanes) is 1. The Morgan fingerprint density at radius 2 is 2.47 bits per heavy atom. The molecule has 1 aliphatic heterocycles. The topological polar surface area (TPSA) is 50.4 Å². The van der Waals surface area contributed by atoms with Gasteiger partial charge in [-0.05, 0) is 12.8 Å². The zero-order chi connectivity index (χ0) is 10.9. The first-order valence-electron chi connectivity index (χ1n) is 5.42. The summed E-state index contributed by atoms with van der Waals surface area (Å²) in [5, 5.41) is 6.15. The minimum Gasteiger partial charge on any atom is -0.385 e. The molecule has 1 unspecified atom stereocenters. The maximum Gasteiger partial charge on any atom is 0.237 e. The molecule has 5 heteroatoms. The maximum atomic E-state index is 11.6. The number of methoxy groups -OCH3 is 1. The number of nitrogens with one attached hydrogen (secondary N) is 2. The van der Waals surface area contributed by atoms with E-state index in [1.165, 1.54) is 0 Å². The second-order valence-corrected chi connectivity index (χ2v) is 4.72. The number of hydrogen-bond donors (Lipinski definition) is 2. The third kappa shape index (κ3) is 5.39. The molecule has 88 valence electrons. The Kier molecular flexibility index (Phi) is 6.80. The van der Waals surface area contributed by atoms with E-state index in [-0.39, 0.29) is 11.9 Å². The molecule has 0 radical (unpaired) electrons. The van der Waals surface area contributed by atoms with Gasteiger partial charge in [0.1, 0.15) is 0 Å². The van der Waals surface area contributed by atoms with E-state index < -0.39 is 0 Å². The molecule has 0 saturated carbocycles. The Labute approximate surface area is 95.5 Å². The second-order valence-electron chi connectivity index (χ2n) is 3.57. The molecular formula is C10H20N2O2S. The van der Waals surface area contributed by atoms with Crippen LogP contribution in [0.1, 0.15) is 12.8 Å². The molecule has 1 rings (SSSR count). The average molecular weight is 232 g/mol. The molecule has 1 aliphatic rings. The van der Waals surface area contributed by atoms with E-state index in [1.807, 2.05) is 11.8 Å². The van der Waals surface area contributed by atoms with Crippen LogP contribution in [-0.4, -0.2) is 50.3 Å². The average Bonchev–Trinajstić information content (AvgIpc) is 2.30. The van der Waals surface area contributed by atoms with Crippen LogP contribution in [0.2, 0.25) is 0 Å². The first-order valence-corrected chi connectivity index (χ1v) is 6.58. The SMILES string of the molecule is COCCCCNC(=O)C1CSCCN1. The van der Waals surface area contributed by atoms with Gasteiger partial charge in [-0.25, -0.2) is 0 Å². The maximum absolute atomic E-state index is 11.6. The van der Waals surface area contributed by atoms with E-state index in [4.69, 9.17) is 4.74 Å². The molecule has 1 saturated heterocycles. The smallest absolute Gasteiger partial charge is 0.237 e. The first kappa shape index (κ1) is 12.8. The summed E-state index contributed by atoms with van der Waals surface area (Å²) in [6.45, 7) is 2.46. The summed E-state index contributed by atoms with van der Waals surface area (Å²) in [6.07, 6.45) is 1.99. The van der Waals surface area contributed by atoms with Crippen LogP contribution in [0.15, 0.2) is 0 Å². The van der Waals surface area contributed by atoms with Crippen LogP contribution in [0, 0.1) is 0 Å². The molecule has 0 aliphatic carbocycles. The molecule has 1 atom stereocenters. The van der Waals surface area contributed by atoms with Crippen molar-refractivity contribution in [3.63, 3.8) is 0 Å². The third-order valence-corrected chi connectivity index (χ3v) is 3.37. The lowest BCUT2D eigenvalue weighted by Crippen LogP contribution is -2.49. The standard InChI is InChI=1S/C10H20N2O2S/c1-14-6-3-2-4-12-10(13)9-8-15-7-5-11-9/h9,11H,2-8H2,1H3,(H,12,13). The number of rotatable bonds is 6. The van der Waals surface area contributed by atoms with Gasteiger partial charge in [0.05, 0.1) is 6.04 Å². The lowest BCUT2D eigenvalue weighted by atomic mass is 10.2. The van der Waals surface area contributed by atoms with Crippen molar-refractivity contribution >= 4 is 17.7 Å². The first-order chi connectivity index (χ1) is 7.34. The fraction of sp³-hybridized carbons (Fsp3) is 0.900. The Hall–Kier alpha value is -0.260. The molecule has 2 N–H and O–H groups in total. The van der Waals surface area contributed by atoms with Crippen molar-refractivity contribution < 1.29 is 9.53 Å². The number of amides is 1.